The van der Waals surface area contributed by atoms with Crippen molar-refractivity contribution >= 4 is 29.7 Å². The zero-order valence-electron chi connectivity index (χ0n) is 11.3. The molecule has 1 atom stereocenters. The molecule has 1 unspecified atom stereocenters. The monoisotopic (exact) mass is 319 g/mol. The number of benzene rings is 1. The van der Waals surface area contributed by atoms with Gasteiger partial charge in [0.15, 0.2) is 0 Å². The normalized spacial score (nSPS) is 15.8. The van der Waals surface area contributed by atoms with E-state index in [1.165, 1.54) is 18.9 Å². The molecule has 1 aliphatic carbocycles. The maximum absolute atomic E-state index is 11.0. The molecule has 0 heterocycles. The highest BCUT2D eigenvalue weighted by Crippen LogP contribution is 2.35. The Hall–Kier alpha value is -0.880. The summed E-state index contributed by atoms with van der Waals surface area (Å²) in [6, 6.07) is 4.96. The third-order valence-corrected chi connectivity index (χ3v) is 3.87. The highest BCUT2D eigenvalue weighted by atomic mass is 35.5. The number of halogens is 2. The molecule has 2 N–H and O–H groups in total. The van der Waals surface area contributed by atoms with Crippen LogP contribution in [0.3, 0.4) is 0 Å². The number of nitro groups is 1. The van der Waals surface area contributed by atoms with E-state index < -0.39 is 0 Å². The molecule has 5 nitrogen and oxygen atoms in total. The Balaban J connectivity index is 0.00000200. The van der Waals surface area contributed by atoms with Crippen molar-refractivity contribution in [2.24, 2.45) is 11.7 Å². The lowest BCUT2D eigenvalue weighted by Gasteiger charge is -2.26. The minimum Gasteiger partial charge on any atom is -0.329 e. The number of likely N-dealkylation sites (N-methyl/N-ethyl adjacent to an activating group) is 1. The van der Waals surface area contributed by atoms with E-state index in [4.69, 9.17) is 17.3 Å². The van der Waals surface area contributed by atoms with Crippen LogP contribution in [-0.2, 0) is 6.54 Å². The number of rotatable bonds is 6. The Bertz CT molecular complexity index is 481. The Labute approximate surface area is 129 Å². The molecule has 112 valence electrons. The second kappa shape index (κ2) is 7.22. The standard InChI is InChI=1S/C13H18ClN3O2.ClH/c1-16(13(7-15)9-2-3-9)8-10-6-11(14)4-5-12(10)17(18)19;/h4-6,9,13H,2-3,7-8,15H2,1H3;1H. The first-order valence-corrected chi connectivity index (χ1v) is 6.74. The lowest BCUT2D eigenvalue weighted by atomic mass is 10.1. The molecule has 0 aliphatic heterocycles. The molecule has 20 heavy (non-hydrogen) atoms. The minimum absolute atomic E-state index is 0. The van der Waals surface area contributed by atoms with E-state index >= 15 is 0 Å². The van der Waals surface area contributed by atoms with Crippen LogP contribution in [-0.4, -0.2) is 29.5 Å². The fraction of sp³-hybridized carbons (Fsp3) is 0.538. The van der Waals surface area contributed by atoms with Crippen LogP contribution in [0.2, 0.25) is 5.02 Å². The van der Waals surface area contributed by atoms with Gasteiger partial charge in [-0.15, -0.1) is 12.4 Å². The average Bonchev–Trinajstić information content (AvgIpc) is 3.14. The Morgan fingerprint density at radius 3 is 2.70 bits per heavy atom. The summed E-state index contributed by atoms with van der Waals surface area (Å²) in [7, 11) is 1.96. The summed E-state index contributed by atoms with van der Waals surface area (Å²) in [6.07, 6.45) is 2.40. The largest absolute Gasteiger partial charge is 0.329 e. The van der Waals surface area contributed by atoms with Crippen molar-refractivity contribution in [3.63, 3.8) is 0 Å². The second-order valence-corrected chi connectivity index (χ2v) is 5.52. The van der Waals surface area contributed by atoms with Crippen molar-refractivity contribution in [1.29, 1.82) is 0 Å². The van der Waals surface area contributed by atoms with Crippen molar-refractivity contribution in [3.8, 4) is 0 Å². The Morgan fingerprint density at radius 2 is 2.20 bits per heavy atom. The second-order valence-electron chi connectivity index (χ2n) is 5.09. The molecule has 1 aromatic carbocycles. The molecule has 2 rings (SSSR count). The van der Waals surface area contributed by atoms with Gasteiger partial charge in [0.1, 0.15) is 0 Å². The van der Waals surface area contributed by atoms with E-state index in [-0.39, 0.29) is 23.0 Å². The molecular weight excluding hydrogens is 301 g/mol. The van der Waals surface area contributed by atoms with Crippen LogP contribution in [0.5, 0.6) is 0 Å². The molecule has 0 bridgehead atoms. The highest BCUT2D eigenvalue weighted by molar-refractivity contribution is 6.30. The summed E-state index contributed by atoms with van der Waals surface area (Å²) in [5, 5.41) is 11.5. The average molecular weight is 320 g/mol. The maximum atomic E-state index is 11.0. The summed E-state index contributed by atoms with van der Waals surface area (Å²) in [5.41, 5.74) is 6.55. The van der Waals surface area contributed by atoms with E-state index in [9.17, 15) is 10.1 Å². The smallest absolute Gasteiger partial charge is 0.273 e. The van der Waals surface area contributed by atoms with Crippen LogP contribution in [0.25, 0.3) is 0 Å². The number of hydrogen-bond donors (Lipinski definition) is 1. The number of nitrogens with two attached hydrogens (primary N) is 1. The van der Waals surface area contributed by atoms with Gasteiger partial charge < -0.3 is 5.73 Å². The van der Waals surface area contributed by atoms with Gasteiger partial charge in [-0.25, -0.2) is 0 Å². The van der Waals surface area contributed by atoms with E-state index in [1.807, 2.05) is 7.05 Å². The lowest BCUT2D eigenvalue weighted by Crippen LogP contribution is -2.39. The number of hydrogen-bond acceptors (Lipinski definition) is 4. The van der Waals surface area contributed by atoms with Crippen LogP contribution in [0.15, 0.2) is 18.2 Å². The van der Waals surface area contributed by atoms with E-state index in [0.29, 0.717) is 35.6 Å². The molecule has 1 saturated carbocycles. The molecule has 0 spiro atoms. The molecule has 1 aromatic rings. The molecule has 7 heteroatoms. The summed E-state index contributed by atoms with van der Waals surface area (Å²) in [4.78, 5) is 12.7. The van der Waals surface area contributed by atoms with E-state index in [1.54, 1.807) is 12.1 Å². The number of nitrogens with zero attached hydrogens (tertiary/aromatic N) is 2. The predicted octanol–water partition coefficient (Wildman–Crippen LogP) is 2.84. The van der Waals surface area contributed by atoms with Crippen molar-refractivity contribution in [2.75, 3.05) is 13.6 Å². The topological polar surface area (TPSA) is 72.4 Å². The Morgan fingerprint density at radius 1 is 1.55 bits per heavy atom. The lowest BCUT2D eigenvalue weighted by molar-refractivity contribution is -0.385. The zero-order chi connectivity index (χ0) is 14.0. The molecule has 0 radical (unpaired) electrons. The van der Waals surface area contributed by atoms with Crippen LogP contribution < -0.4 is 5.73 Å². The van der Waals surface area contributed by atoms with Gasteiger partial charge in [-0.05, 0) is 37.9 Å². The molecular formula is C13H19Cl2N3O2. The summed E-state index contributed by atoms with van der Waals surface area (Å²) in [6.45, 7) is 1.07. The first kappa shape index (κ1) is 17.2. The first-order chi connectivity index (χ1) is 9.02. The SMILES string of the molecule is CN(Cc1cc(Cl)ccc1[N+](=O)[O-])C(CN)C1CC1.Cl. The van der Waals surface area contributed by atoms with Gasteiger partial charge in [0.05, 0.1) is 4.92 Å². The molecule has 0 aromatic heterocycles. The van der Waals surface area contributed by atoms with Gasteiger partial charge in [-0.3, -0.25) is 15.0 Å². The van der Waals surface area contributed by atoms with Crippen molar-refractivity contribution < 1.29 is 4.92 Å². The fourth-order valence-corrected chi connectivity index (χ4v) is 2.65. The van der Waals surface area contributed by atoms with Crippen LogP contribution in [0.1, 0.15) is 18.4 Å². The summed E-state index contributed by atoms with van der Waals surface area (Å²) >= 11 is 5.93. The van der Waals surface area contributed by atoms with Crippen LogP contribution >= 0.6 is 24.0 Å². The van der Waals surface area contributed by atoms with Gasteiger partial charge in [0, 0.05) is 35.8 Å². The van der Waals surface area contributed by atoms with Crippen LogP contribution in [0.4, 0.5) is 5.69 Å². The minimum atomic E-state index is -0.367. The Kier molecular flexibility index (Phi) is 6.20. The maximum Gasteiger partial charge on any atom is 0.273 e. The molecule has 1 fully saturated rings. The molecule has 0 saturated heterocycles. The quantitative estimate of drug-likeness (QED) is 0.646. The van der Waals surface area contributed by atoms with Crippen molar-refractivity contribution in [2.45, 2.75) is 25.4 Å². The molecule has 1 aliphatic rings. The van der Waals surface area contributed by atoms with E-state index in [0.717, 1.165) is 0 Å². The third-order valence-electron chi connectivity index (χ3n) is 3.63. The number of nitro benzene ring substituents is 1. The predicted molar refractivity (Wildman–Crippen MR) is 82.4 cm³/mol. The van der Waals surface area contributed by atoms with Gasteiger partial charge >= 0.3 is 0 Å². The highest BCUT2D eigenvalue weighted by Gasteiger charge is 2.33. The summed E-state index contributed by atoms with van der Waals surface area (Å²) < 4.78 is 0. The van der Waals surface area contributed by atoms with Crippen molar-refractivity contribution in [1.82, 2.24) is 4.90 Å². The van der Waals surface area contributed by atoms with E-state index in [2.05, 4.69) is 4.90 Å². The van der Waals surface area contributed by atoms with Crippen LogP contribution in [0, 0.1) is 16.0 Å². The fourth-order valence-electron chi connectivity index (χ4n) is 2.46. The third kappa shape index (κ3) is 4.06. The van der Waals surface area contributed by atoms with Gasteiger partial charge in [0.2, 0.25) is 0 Å². The zero-order valence-corrected chi connectivity index (χ0v) is 12.9. The van der Waals surface area contributed by atoms with Gasteiger partial charge in [0.25, 0.3) is 5.69 Å². The van der Waals surface area contributed by atoms with Gasteiger partial charge in [-0.2, -0.15) is 0 Å². The van der Waals surface area contributed by atoms with Gasteiger partial charge in [-0.1, -0.05) is 11.6 Å². The van der Waals surface area contributed by atoms with Crippen molar-refractivity contribution in [3.05, 3.63) is 38.9 Å². The molecule has 0 amide bonds. The first-order valence-electron chi connectivity index (χ1n) is 6.36. The summed E-state index contributed by atoms with van der Waals surface area (Å²) in [5.74, 6) is 0.633.